The van der Waals surface area contributed by atoms with Crippen molar-refractivity contribution >= 4 is 58.1 Å². The zero-order chi connectivity index (χ0) is 43.8. The summed E-state index contributed by atoms with van der Waals surface area (Å²) >= 11 is 0. The number of nitrogens with zero attached hydrogens (tertiary/aromatic N) is 2. The molecule has 17 heteroatoms. The van der Waals surface area contributed by atoms with E-state index >= 15 is 4.39 Å². The normalized spacial score (nSPS) is 19.0. The molecular formula is C43H50F4N5O7S+. The van der Waals surface area contributed by atoms with E-state index in [1.165, 1.54) is 30.3 Å². The quantitative estimate of drug-likeness (QED) is 0.0640. The van der Waals surface area contributed by atoms with E-state index < -0.39 is 57.9 Å². The largest absolute Gasteiger partial charge is 0.464 e. The summed E-state index contributed by atoms with van der Waals surface area (Å²) in [5, 5.41) is 4.87. The molecule has 1 aromatic heterocycles. The van der Waals surface area contributed by atoms with E-state index in [1.807, 2.05) is 12.2 Å². The second-order valence-corrected chi connectivity index (χ2v) is 17.4. The smallest absolute Gasteiger partial charge is 0.402 e. The van der Waals surface area contributed by atoms with Crippen LogP contribution in [0.1, 0.15) is 80.6 Å². The summed E-state index contributed by atoms with van der Waals surface area (Å²) in [7, 11) is -2.70. The first kappa shape index (κ1) is 45.7. The Morgan fingerprint density at radius 3 is 2.42 bits per heavy atom. The van der Waals surface area contributed by atoms with Crippen LogP contribution >= 0.6 is 10.8 Å². The van der Waals surface area contributed by atoms with E-state index in [9.17, 15) is 32.3 Å². The van der Waals surface area contributed by atoms with E-state index in [1.54, 1.807) is 32.2 Å². The molecule has 60 heavy (non-hydrogen) atoms. The topological polar surface area (TPSA) is 159 Å². The second-order valence-electron chi connectivity index (χ2n) is 15.3. The lowest BCUT2D eigenvalue weighted by Gasteiger charge is -2.50. The molecule has 1 fully saturated rings. The van der Waals surface area contributed by atoms with Crippen molar-refractivity contribution in [2.75, 3.05) is 23.4 Å². The van der Waals surface area contributed by atoms with Gasteiger partial charge in [0.05, 0.1) is 22.8 Å². The Kier molecular flexibility index (Phi) is 14.8. The Morgan fingerprint density at radius 1 is 1.10 bits per heavy atom. The number of ketones is 1. The fourth-order valence-corrected chi connectivity index (χ4v) is 8.22. The molecule has 2 heterocycles. The number of anilines is 2. The number of carbonyl (C=O) groups excluding carboxylic acids is 4. The number of amides is 2. The predicted molar refractivity (Wildman–Crippen MR) is 222 cm³/mol. The highest BCUT2D eigenvalue weighted by Crippen LogP contribution is 2.63. The van der Waals surface area contributed by atoms with E-state index in [0.29, 0.717) is 46.9 Å². The highest BCUT2D eigenvalue weighted by atomic mass is 32.3. The van der Waals surface area contributed by atoms with E-state index in [-0.39, 0.29) is 42.5 Å². The van der Waals surface area contributed by atoms with Crippen LogP contribution in [0.15, 0.2) is 71.8 Å². The third kappa shape index (κ3) is 10.9. The van der Waals surface area contributed by atoms with Gasteiger partial charge in [0.2, 0.25) is 5.91 Å². The standard InChI is InChI=1S/C43H49F4N5O7S/c1-7-57-40(55)37(22-28-12-13-29(49-24-28)16-19-32-35(48-6)10-8-9-26(2)11-20-38(32)53)51-39(54)33-21-27(3)36(23-34(33)44)52-60(58-25-59-60)31-17-14-30(15-18-31)50-41(56)42(4,5)43(45,46)47/h8,10,12-15,17-18,21,23-24,26,32,37H,6-7,9,11,16,19-20,22,25H2,1-5H3,(H2-,50,51,52,54,56)/p+1/t26?,32?,37-/m0/s1. The van der Waals surface area contributed by atoms with Crippen LogP contribution in [0.3, 0.4) is 0 Å². The van der Waals surface area contributed by atoms with Crippen molar-refractivity contribution in [2.24, 2.45) is 17.3 Å². The van der Waals surface area contributed by atoms with Crippen molar-refractivity contribution in [3.05, 3.63) is 95.1 Å². The van der Waals surface area contributed by atoms with Gasteiger partial charge in [-0.05, 0) is 113 Å². The highest BCUT2D eigenvalue weighted by Gasteiger charge is 2.53. The molecule has 2 aromatic carbocycles. The third-order valence-corrected chi connectivity index (χ3v) is 12.7. The number of Topliss-reactive ketones (excluding diaryl/α,β-unsaturated/α-hetero) is 1. The molecule has 3 atom stereocenters. The van der Waals surface area contributed by atoms with Crippen molar-refractivity contribution in [1.29, 1.82) is 0 Å². The minimum Gasteiger partial charge on any atom is -0.464 e. The zero-order valence-electron chi connectivity index (χ0n) is 34.1. The Labute approximate surface area is 348 Å². The van der Waals surface area contributed by atoms with Gasteiger partial charge in [-0.3, -0.25) is 24.1 Å². The Morgan fingerprint density at radius 2 is 1.82 bits per heavy atom. The van der Waals surface area contributed by atoms with E-state index in [0.717, 1.165) is 38.4 Å². The molecule has 3 N–H and O–H groups in total. The van der Waals surface area contributed by atoms with Crippen LogP contribution in [0.2, 0.25) is 0 Å². The Bertz CT molecular complexity index is 2150. The summed E-state index contributed by atoms with van der Waals surface area (Å²) in [6.07, 6.45) is 3.91. The third-order valence-electron chi connectivity index (χ3n) is 10.5. The molecular weight excluding hydrogens is 807 g/mol. The highest BCUT2D eigenvalue weighted by molar-refractivity contribution is 8.27. The molecule has 2 amide bonds. The molecule has 1 saturated heterocycles. The lowest BCUT2D eigenvalue weighted by atomic mass is 9.89. The molecule has 0 bridgehead atoms. The first-order chi connectivity index (χ1) is 28.4. The van der Waals surface area contributed by atoms with Gasteiger partial charge in [-0.2, -0.15) is 13.2 Å². The maximum Gasteiger partial charge on any atom is 0.402 e. The number of pyridine rings is 1. The number of hydrogen-bond acceptors (Lipinski definition) is 9. The van der Waals surface area contributed by atoms with Crippen molar-refractivity contribution in [3.63, 3.8) is 0 Å². The maximum atomic E-state index is 15.7. The Hall–Kier alpha value is -5.35. The summed E-state index contributed by atoms with van der Waals surface area (Å²) in [5.74, 6) is -3.59. The van der Waals surface area contributed by atoms with Crippen molar-refractivity contribution < 1.29 is 49.8 Å². The summed E-state index contributed by atoms with van der Waals surface area (Å²) in [6, 6.07) is 10.6. The fourth-order valence-electron chi connectivity index (χ4n) is 6.42. The summed E-state index contributed by atoms with van der Waals surface area (Å²) in [6.45, 7) is 10.6. The molecule has 1 aliphatic carbocycles. The molecule has 2 aliphatic rings. The number of halogens is 4. The van der Waals surface area contributed by atoms with Crippen LogP contribution in [-0.2, 0) is 40.3 Å². The molecule has 0 spiro atoms. The monoisotopic (exact) mass is 856 g/mol. The van der Waals surface area contributed by atoms with Gasteiger partial charge in [-0.15, -0.1) is 4.67 Å². The summed E-state index contributed by atoms with van der Waals surface area (Å²) < 4.78 is 79.7. The predicted octanol–water partition coefficient (Wildman–Crippen LogP) is 7.69. The summed E-state index contributed by atoms with van der Waals surface area (Å²) in [5.41, 5.74) is -0.214. The number of ether oxygens (including phenoxy) is 1. The van der Waals surface area contributed by atoms with Gasteiger partial charge in [0, 0.05) is 36.5 Å². The minimum absolute atomic E-state index is 0.00358. The van der Waals surface area contributed by atoms with Crippen LogP contribution in [0, 0.1) is 30.0 Å². The number of rotatable bonds is 14. The number of esters is 1. The van der Waals surface area contributed by atoms with Crippen LogP contribution in [0.4, 0.5) is 28.9 Å². The molecule has 2 unspecified atom stereocenters. The number of aryl methyl sites for hydroxylation is 2. The molecule has 12 nitrogen and oxygen atoms in total. The van der Waals surface area contributed by atoms with Crippen molar-refractivity contribution in [3.8, 4) is 0 Å². The molecule has 1 aliphatic heterocycles. The fraction of sp³-hybridized carbons (Fsp3) is 0.419. The van der Waals surface area contributed by atoms with Crippen LogP contribution < -0.4 is 20.0 Å². The lowest BCUT2D eigenvalue weighted by molar-refractivity contribution is -0.208. The number of hydrogen-bond donors (Lipinski definition) is 3. The van der Waals surface area contributed by atoms with Crippen LogP contribution in [0.25, 0.3) is 0 Å². The zero-order valence-corrected chi connectivity index (χ0v) is 34.9. The number of nitrogens with one attached hydrogen (secondary N) is 3. The number of carbonyl (C=O) groups is 4. The Balaban J connectivity index is 1.25. The van der Waals surface area contributed by atoms with Crippen molar-refractivity contribution in [2.45, 2.75) is 90.3 Å². The number of benzene rings is 2. The SMILES string of the molecule is C=[N+]=C1C=CCC(C)CCC(=O)C1CCc1ccc(C[C@H](NC(=O)c2cc(C)c(NS3(c4ccc(NC(=O)C(C)(C)C(F)(F)F)cc4)OCO3)cc2F)C(=O)OCC)cn1. The van der Waals surface area contributed by atoms with Gasteiger partial charge >= 0.3 is 17.9 Å². The van der Waals surface area contributed by atoms with Gasteiger partial charge in [0.1, 0.15) is 29.0 Å². The van der Waals surface area contributed by atoms with Gasteiger partial charge in [-0.1, -0.05) is 29.8 Å². The number of alkyl halides is 3. The molecule has 5 rings (SSSR count). The average Bonchev–Trinajstić information content (AvgIpc) is 3.25. The lowest BCUT2D eigenvalue weighted by Crippen LogP contribution is -2.43. The maximum absolute atomic E-state index is 15.7. The van der Waals surface area contributed by atoms with Crippen molar-refractivity contribution in [1.82, 2.24) is 15.0 Å². The second kappa shape index (κ2) is 19.4. The molecule has 3 aromatic rings. The van der Waals surface area contributed by atoms with Gasteiger partial charge < -0.3 is 15.4 Å². The first-order valence-electron chi connectivity index (χ1n) is 19.5. The van der Waals surface area contributed by atoms with Gasteiger partial charge in [-0.25, -0.2) is 17.6 Å². The molecule has 322 valence electrons. The van der Waals surface area contributed by atoms with Crippen LogP contribution in [-0.4, -0.2) is 66.6 Å². The van der Waals surface area contributed by atoms with Crippen LogP contribution in [0.5, 0.6) is 0 Å². The average molecular weight is 857 g/mol. The molecule has 0 saturated carbocycles. The molecule has 0 radical (unpaired) electrons. The number of aromatic nitrogens is 1. The van der Waals surface area contributed by atoms with Gasteiger partial charge in [0.15, 0.2) is 6.79 Å². The van der Waals surface area contributed by atoms with E-state index in [2.05, 4.69) is 38.6 Å². The summed E-state index contributed by atoms with van der Waals surface area (Å²) in [4.78, 5) is 57.0. The van der Waals surface area contributed by atoms with E-state index in [4.69, 9.17) is 13.1 Å². The first-order valence-corrected chi connectivity index (χ1v) is 21.0. The van der Waals surface area contributed by atoms with Gasteiger partial charge in [0.25, 0.3) is 12.6 Å². The number of allylic oxidation sites excluding steroid dienone is 2. The minimum atomic E-state index is -4.76.